The van der Waals surface area contributed by atoms with Gasteiger partial charge in [0.1, 0.15) is 5.82 Å². The highest BCUT2D eigenvalue weighted by atomic mass is 19.1. The molecule has 0 radical (unpaired) electrons. The van der Waals surface area contributed by atoms with Crippen LogP contribution in [0.5, 0.6) is 0 Å². The van der Waals surface area contributed by atoms with Crippen LogP contribution in [-0.2, 0) is 0 Å². The summed E-state index contributed by atoms with van der Waals surface area (Å²) in [6.45, 7) is 5.65. The summed E-state index contributed by atoms with van der Waals surface area (Å²) in [6, 6.07) is 4.94. The molecule has 2 atom stereocenters. The Morgan fingerprint density at radius 3 is 2.88 bits per heavy atom. The zero-order valence-corrected chi connectivity index (χ0v) is 10.5. The first kappa shape index (κ1) is 12.4. The number of rotatable bonds is 3. The Balaban J connectivity index is 2.31. The molecule has 1 N–H and O–H groups in total. The molecule has 1 aromatic rings. The molecule has 1 aliphatic heterocycles. The fourth-order valence-electron chi connectivity index (χ4n) is 2.57. The van der Waals surface area contributed by atoms with Gasteiger partial charge >= 0.3 is 0 Å². The summed E-state index contributed by atoms with van der Waals surface area (Å²) in [5, 5.41) is 9.72. The molecule has 17 heavy (non-hydrogen) atoms. The summed E-state index contributed by atoms with van der Waals surface area (Å²) in [5.74, 6) is 0.427. The molecular weight excluding hydrogens is 217 g/mol. The minimum absolute atomic E-state index is 0.222. The van der Waals surface area contributed by atoms with Crippen molar-refractivity contribution in [2.45, 2.75) is 32.8 Å². The van der Waals surface area contributed by atoms with Gasteiger partial charge in [-0.3, -0.25) is 0 Å². The molecular formula is C14H20FNO. The fraction of sp³-hybridized carbons (Fsp3) is 0.571. The second kappa shape index (κ2) is 5.05. The van der Waals surface area contributed by atoms with E-state index < -0.39 is 6.10 Å². The average Bonchev–Trinajstić information content (AvgIpc) is 2.76. The van der Waals surface area contributed by atoms with Crippen molar-refractivity contribution in [3.63, 3.8) is 0 Å². The number of halogens is 1. The normalized spacial score (nSPS) is 21.9. The van der Waals surface area contributed by atoms with E-state index in [9.17, 15) is 9.50 Å². The minimum atomic E-state index is -0.624. The van der Waals surface area contributed by atoms with Crippen molar-refractivity contribution >= 4 is 5.69 Å². The first-order valence-corrected chi connectivity index (χ1v) is 6.35. The van der Waals surface area contributed by atoms with Gasteiger partial charge in [-0.2, -0.15) is 0 Å². The largest absolute Gasteiger partial charge is 0.389 e. The van der Waals surface area contributed by atoms with Crippen molar-refractivity contribution in [2.75, 3.05) is 18.0 Å². The maximum absolute atomic E-state index is 13.9. The van der Waals surface area contributed by atoms with Crippen molar-refractivity contribution in [1.29, 1.82) is 0 Å². The van der Waals surface area contributed by atoms with Gasteiger partial charge in [-0.15, -0.1) is 0 Å². The van der Waals surface area contributed by atoms with Crippen LogP contribution < -0.4 is 4.90 Å². The summed E-state index contributed by atoms with van der Waals surface area (Å²) < 4.78 is 13.9. The first-order valence-electron chi connectivity index (χ1n) is 6.35. The number of hydrogen-bond donors (Lipinski definition) is 1. The number of aliphatic hydroxyl groups is 1. The van der Waals surface area contributed by atoms with Crippen LogP contribution >= 0.6 is 0 Å². The minimum Gasteiger partial charge on any atom is -0.389 e. The number of para-hydroxylation sites is 1. The second-order valence-corrected chi connectivity index (χ2v) is 4.86. The summed E-state index contributed by atoms with van der Waals surface area (Å²) in [4.78, 5) is 2.07. The number of hydrogen-bond acceptors (Lipinski definition) is 2. The molecule has 2 rings (SSSR count). The molecule has 0 bridgehead atoms. The first-order chi connectivity index (χ1) is 8.13. The third-order valence-corrected chi connectivity index (χ3v) is 3.65. The van der Waals surface area contributed by atoms with E-state index in [1.807, 2.05) is 6.07 Å². The van der Waals surface area contributed by atoms with Gasteiger partial charge in [-0.05, 0) is 25.3 Å². The van der Waals surface area contributed by atoms with Crippen molar-refractivity contribution in [1.82, 2.24) is 0 Å². The van der Waals surface area contributed by atoms with E-state index in [2.05, 4.69) is 11.8 Å². The Kier molecular flexibility index (Phi) is 3.67. The standard InChI is InChI=1S/C14H20FNO/c1-3-11-7-8-16(9-11)14-12(10(2)17)5-4-6-13(14)15/h4-6,10-11,17H,3,7-9H2,1-2H3/t10-,11?/m1/s1. The molecule has 0 aromatic heterocycles. The highest BCUT2D eigenvalue weighted by molar-refractivity contribution is 5.56. The summed E-state index contributed by atoms with van der Waals surface area (Å²) in [6.07, 6.45) is 1.63. The van der Waals surface area contributed by atoms with Crippen LogP contribution in [0.2, 0.25) is 0 Å². The SMILES string of the molecule is CCC1CCN(c2c(F)cccc2[C@@H](C)O)C1. The van der Waals surface area contributed by atoms with E-state index in [0.29, 0.717) is 17.2 Å². The van der Waals surface area contributed by atoms with Crippen LogP contribution in [0.4, 0.5) is 10.1 Å². The summed E-state index contributed by atoms with van der Waals surface area (Å²) in [7, 11) is 0. The van der Waals surface area contributed by atoms with Crippen LogP contribution in [0.25, 0.3) is 0 Å². The predicted octanol–water partition coefficient (Wildman–Crippen LogP) is 3.12. The molecule has 1 heterocycles. The molecule has 1 saturated heterocycles. The van der Waals surface area contributed by atoms with Gasteiger partial charge in [0.2, 0.25) is 0 Å². The Labute approximate surface area is 102 Å². The van der Waals surface area contributed by atoms with E-state index in [1.54, 1.807) is 13.0 Å². The van der Waals surface area contributed by atoms with Gasteiger partial charge in [0.25, 0.3) is 0 Å². The fourth-order valence-corrected chi connectivity index (χ4v) is 2.57. The van der Waals surface area contributed by atoms with E-state index in [4.69, 9.17) is 0 Å². The lowest BCUT2D eigenvalue weighted by Gasteiger charge is -2.23. The molecule has 3 heteroatoms. The van der Waals surface area contributed by atoms with Crippen LogP contribution in [0.1, 0.15) is 38.4 Å². The number of aliphatic hydroxyl groups excluding tert-OH is 1. The summed E-state index contributed by atoms with van der Waals surface area (Å²) in [5.41, 5.74) is 1.29. The molecule has 0 aliphatic carbocycles. The topological polar surface area (TPSA) is 23.5 Å². The quantitative estimate of drug-likeness (QED) is 0.873. The lowest BCUT2D eigenvalue weighted by Crippen LogP contribution is -2.22. The van der Waals surface area contributed by atoms with Crippen LogP contribution in [0, 0.1) is 11.7 Å². The van der Waals surface area contributed by atoms with Crippen molar-refractivity contribution < 1.29 is 9.50 Å². The zero-order valence-electron chi connectivity index (χ0n) is 10.5. The molecule has 1 aromatic carbocycles. The third-order valence-electron chi connectivity index (χ3n) is 3.65. The van der Waals surface area contributed by atoms with Crippen molar-refractivity contribution in [2.24, 2.45) is 5.92 Å². The molecule has 94 valence electrons. The van der Waals surface area contributed by atoms with E-state index in [-0.39, 0.29) is 5.82 Å². The number of anilines is 1. The number of benzene rings is 1. The van der Waals surface area contributed by atoms with Gasteiger partial charge < -0.3 is 10.0 Å². The van der Waals surface area contributed by atoms with Crippen molar-refractivity contribution in [3.05, 3.63) is 29.6 Å². The van der Waals surface area contributed by atoms with E-state index in [1.165, 1.54) is 6.07 Å². The lowest BCUT2D eigenvalue weighted by atomic mass is 10.1. The Hall–Kier alpha value is -1.09. The molecule has 2 nitrogen and oxygen atoms in total. The molecule has 0 saturated carbocycles. The van der Waals surface area contributed by atoms with Crippen molar-refractivity contribution in [3.8, 4) is 0 Å². The molecule has 1 fully saturated rings. The highest BCUT2D eigenvalue weighted by Gasteiger charge is 2.26. The van der Waals surface area contributed by atoms with Gasteiger partial charge in [0.05, 0.1) is 11.8 Å². The Morgan fingerprint density at radius 2 is 2.29 bits per heavy atom. The second-order valence-electron chi connectivity index (χ2n) is 4.86. The van der Waals surface area contributed by atoms with Gasteiger partial charge in [0.15, 0.2) is 0 Å². The predicted molar refractivity (Wildman–Crippen MR) is 67.6 cm³/mol. The maximum Gasteiger partial charge on any atom is 0.146 e. The lowest BCUT2D eigenvalue weighted by molar-refractivity contribution is 0.199. The average molecular weight is 237 g/mol. The van der Waals surface area contributed by atoms with Crippen LogP contribution in [0.15, 0.2) is 18.2 Å². The molecule has 1 unspecified atom stereocenters. The third kappa shape index (κ3) is 2.44. The smallest absolute Gasteiger partial charge is 0.146 e. The van der Waals surface area contributed by atoms with Gasteiger partial charge in [-0.1, -0.05) is 25.5 Å². The molecule has 1 aliphatic rings. The van der Waals surface area contributed by atoms with Crippen LogP contribution in [0.3, 0.4) is 0 Å². The maximum atomic E-state index is 13.9. The number of nitrogens with zero attached hydrogens (tertiary/aromatic N) is 1. The Morgan fingerprint density at radius 1 is 1.53 bits per heavy atom. The van der Waals surface area contributed by atoms with E-state index >= 15 is 0 Å². The van der Waals surface area contributed by atoms with Crippen LogP contribution in [-0.4, -0.2) is 18.2 Å². The van der Waals surface area contributed by atoms with Gasteiger partial charge in [0, 0.05) is 18.7 Å². The monoisotopic (exact) mass is 237 g/mol. The highest BCUT2D eigenvalue weighted by Crippen LogP contribution is 2.33. The zero-order chi connectivity index (χ0) is 12.4. The molecule has 0 spiro atoms. The summed E-state index contributed by atoms with van der Waals surface area (Å²) >= 11 is 0. The Bertz CT molecular complexity index is 392. The molecule has 0 amide bonds. The van der Waals surface area contributed by atoms with Gasteiger partial charge in [-0.25, -0.2) is 4.39 Å². The van der Waals surface area contributed by atoms with E-state index in [0.717, 1.165) is 25.9 Å².